The summed E-state index contributed by atoms with van der Waals surface area (Å²) in [4.78, 5) is 11.4. The van der Waals surface area contributed by atoms with Crippen LogP contribution in [0.4, 0.5) is 0 Å². The minimum Gasteiger partial charge on any atom is -0.468 e. The fraction of sp³-hybridized carbons (Fsp3) is 0.636. The molecule has 2 N–H and O–H groups in total. The van der Waals surface area contributed by atoms with Crippen molar-refractivity contribution < 1.29 is 9.53 Å². The van der Waals surface area contributed by atoms with Gasteiger partial charge in [-0.1, -0.05) is 0 Å². The number of rotatable bonds is 4. The van der Waals surface area contributed by atoms with Crippen LogP contribution in [0.2, 0.25) is 0 Å². The van der Waals surface area contributed by atoms with Crippen LogP contribution in [0.25, 0.3) is 0 Å². The highest BCUT2D eigenvalue weighted by Gasteiger charge is 2.32. The first kappa shape index (κ1) is 12.7. The second-order valence-electron chi connectivity index (χ2n) is 4.38. The Bertz CT molecular complexity index is 371. The van der Waals surface area contributed by atoms with Crippen LogP contribution in [-0.4, -0.2) is 28.4 Å². The summed E-state index contributed by atoms with van der Waals surface area (Å²) >= 11 is 0. The van der Waals surface area contributed by atoms with Crippen molar-refractivity contribution in [3.05, 3.63) is 18.0 Å². The van der Waals surface area contributed by atoms with E-state index in [2.05, 4.69) is 9.84 Å². The molecule has 0 aromatic carbocycles. The number of nitrogens with two attached hydrogens (primary N) is 1. The maximum Gasteiger partial charge on any atom is 0.325 e. The number of nitrogens with zero attached hydrogens (tertiary/aromatic N) is 2. The van der Waals surface area contributed by atoms with Crippen LogP contribution in [-0.2, 0) is 9.53 Å². The van der Waals surface area contributed by atoms with Gasteiger partial charge in [-0.25, -0.2) is 0 Å². The Labute approximate surface area is 95.6 Å². The third-order valence-corrected chi connectivity index (χ3v) is 2.66. The van der Waals surface area contributed by atoms with Crippen molar-refractivity contribution in [2.75, 3.05) is 7.11 Å². The quantitative estimate of drug-likeness (QED) is 0.777. The van der Waals surface area contributed by atoms with Crippen molar-refractivity contribution in [1.29, 1.82) is 0 Å². The second-order valence-corrected chi connectivity index (χ2v) is 4.38. The molecule has 0 aliphatic carbocycles. The smallest absolute Gasteiger partial charge is 0.325 e. The molecule has 2 atom stereocenters. The number of aryl methyl sites for hydroxylation is 1. The van der Waals surface area contributed by atoms with E-state index in [0.29, 0.717) is 6.42 Å². The van der Waals surface area contributed by atoms with E-state index in [1.54, 1.807) is 13.1 Å². The van der Waals surface area contributed by atoms with Crippen molar-refractivity contribution in [3.63, 3.8) is 0 Å². The lowest BCUT2D eigenvalue weighted by atomic mass is 9.95. The van der Waals surface area contributed by atoms with Crippen LogP contribution in [0.15, 0.2) is 12.3 Å². The average Bonchev–Trinajstić information content (AvgIpc) is 2.62. The van der Waals surface area contributed by atoms with E-state index in [9.17, 15) is 4.79 Å². The zero-order chi connectivity index (χ0) is 12.3. The summed E-state index contributed by atoms with van der Waals surface area (Å²) in [6, 6.07) is 1.98. The number of esters is 1. The maximum absolute atomic E-state index is 11.4. The van der Waals surface area contributed by atoms with Crippen molar-refractivity contribution in [1.82, 2.24) is 9.78 Å². The molecule has 1 heterocycles. The van der Waals surface area contributed by atoms with Gasteiger partial charge in [0.1, 0.15) is 5.54 Å². The first-order valence-corrected chi connectivity index (χ1v) is 5.26. The van der Waals surface area contributed by atoms with Crippen LogP contribution in [0.5, 0.6) is 0 Å². The Balaban J connectivity index is 2.75. The number of hydrogen-bond donors (Lipinski definition) is 1. The summed E-state index contributed by atoms with van der Waals surface area (Å²) < 4.78 is 6.53. The van der Waals surface area contributed by atoms with Crippen LogP contribution in [0.3, 0.4) is 0 Å². The predicted molar refractivity (Wildman–Crippen MR) is 60.9 cm³/mol. The lowest BCUT2D eigenvalue weighted by Crippen LogP contribution is -2.47. The molecule has 0 aliphatic rings. The van der Waals surface area contributed by atoms with E-state index >= 15 is 0 Å². The highest BCUT2D eigenvalue weighted by molar-refractivity contribution is 5.79. The van der Waals surface area contributed by atoms with Crippen molar-refractivity contribution in [3.8, 4) is 0 Å². The number of hydrogen-bond acceptors (Lipinski definition) is 4. The van der Waals surface area contributed by atoms with Crippen molar-refractivity contribution >= 4 is 5.97 Å². The van der Waals surface area contributed by atoms with E-state index in [4.69, 9.17) is 5.73 Å². The van der Waals surface area contributed by atoms with Gasteiger partial charge >= 0.3 is 5.97 Å². The molecule has 1 aromatic heterocycles. The number of carbonyl (C=O) groups is 1. The molecule has 1 rings (SSSR count). The Morgan fingerprint density at radius 3 is 2.81 bits per heavy atom. The minimum atomic E-state index is -0.980. The molecular formula is C11H19N3O2. The van der Waals surface area contributed by atoms with Crippen molar-refractivity contribution in [2.24, 2.45) is 5.73 Å². The Morgan fingerprint density at radius 1 is 1.75 bits per heavy atom. The van der Waals surface area contributed by atoms with E-state index in [1.807, 2.05) is 24.6 Å². The Hall–Kier alpha value is -1.36. The van der Waals surface area contributed by atoms with Gasteiger partial charge in [-0.15, -0.1) is 0 Å². The van der Waals surface area contributed by atoms with Crippen molar-refractivity contribution in [2.45, 2.75) is 38.8 Å². The van der Waals surface area contributed by atoms with Gasteiger partial charge in [-0.2, -0.15) is 5.10 Å². The first-order chi connectivity index (χ1) is 7.38. The van der Waals surface area contributed by atoms with E-state index in [1.165, 1.54) is 7.11 Å². The number of methoxy groups -OCH3 is 1. The van der Waals surface area contributed by atoms with Crippen LogP contribution < -0.4 is 5.73 Å². The average molecular weight is 225 g/mol. The topological polar surface area (TPSA) is 70.1 Å². The van der Waals surface area contributed by atoms with Gasteiger partial charge < -0.3 is 10.5 Å². The summed E-state index contributed by atoms with van der Waals surface area (Å²) in [5, 5.41) is 4.19. The maximum atomic E-state index is 11.4. The normalized spacial score (nSPS) is 16.6. The Morgan fingerprint density at radius 2 is 2.38 bits per heavy atom. The molecule has 0 aliphatic heterocycles. The van der Waals surface area contributed by atoms with Gasteiger partial charge in [0.2, 0.25) is 0 Å². The van der Waals surface area contributed by atoms with Gasteiger partial charge in [-0.05, 0) is 33.3 Å². The predicted octanol–water partition coefficient (Wildman–Crippen LogP) is 1.03. The van der Waals surface area contributed by atoms with Gasteiger partial charge in [0.05, 0.1) is 13.2 Å². The lowest BCUT2D eigenvalue weighted by Gasteiger charge is -2.25. The largest absolute Gasteiger partial charge is 0.468 e. The fourth-order valence-electron chi connectivity index (χ4n) is 1.86. The summed E-state index contributed by atoms with van der Waals surface area (Å²) in [5.74, 6) is -0.399. The molecule has 16 heavy (non-hydrogen) atoms. The summed E-state index contributed by atoms with van der Waals surface area (Å²) in [7, 11) is 1.34. The Kier molecular flexibility index (Phi) is 3.70. The summed E-state index contributed by atoms with van der Waals surface area (Å²) in [5.41, 5.74) is 5.98. The number of ether oxygens (including phenoxy) is 1. The molecule has 0 amide bonds. The molecule has 0 saturated heterocycles. The van der Waals surface area contributed by atoms with Gasteiger partial charge in [0, 0.05) is 11.9 Å². The summed E-state index contributed by atoms with van der Waals surface area (Å²) in [6.45, 7) is 5.62. The third kappa shape index (κ3) is 2.61. The number of aromatic nitrogens is 2. The minimum absolute atomic E-state index is 0.0594. The molecule has 2 unspecified atom stereocenters. The van der Waals surface area contributed by atoms with Crippen LogP contribution in [0.1, 0.15) is 32.0 Å². The molecule has 0 fully saturated rings. The van der Waals surface area contributed by atoms with Crippen LogP contribution >= 0.6 is 0 Å². The van der Waals surface area contributed by atoms with Gasteiger partial charge in [-0.3, -0.25) is 9.48 Å². The molecule has 1 aromatic rings. The van der Waals surface area contributed by atoms with E-state index in [0.717, 1.165) is 5.69 Å². The standard InChI is InChI=1S/C11H19N3O2/c1-8-5-6-13-14(8)9(2)7-11(3,12)10(15)16-4/h5-6,9H,7,12H2,1-4H3. The van der Waals surface area contributed by atoms with Gasteiger partial charge in [0.25, 0.3) is 0 Å². The highest BCUT2D eigenvalue weighted by Crippen LogP contribution is 2.20. The zero-order valence-corrected chi connectivity index (χ0v) is 10.2. The van der Waals surface area contributed by atoms with E-state index in [-0.39, 0.29) is 6.04 Å². The molecule has 5 nitrogen and oxygen atoms in total. The van der Waals surface area contributed by atoms with Gasteiger partial charge in [0.15, 0.2) is 0 Å². The molecule has 0 saturated carbocycles. The molecule has 5 heteroatoms. The van der Waals surface area contributed by atoms with E-state index < -0.39 is 11.5 Å². The fourth-order valence-corrected chi connectivity index (χ4v) is 1.86. The molecular weight excluding hydrogens is 206 g/mol. The third-order valence-electron chi connectivity index (χ3n) is 2.66. The summed E-state index contributed by atoms with van der Waals surface area (Å²) in [6.07, 6.45) is 2.22. The molecule has 0 radical (unpaired) electrons. The SMILES string of the molecule is COC(=O)C(C)(N)CC(C)n1nccc1C. The second kappa shape index (κ2) is 4.65. The first-order valence-electron chi connectivity index (χ1n) is 5.26. The highest BCUT2D eigenvalue weighted by atomic mass is 16.5. The monoisotopic (exact) mass is 225 g/mol. The molecule has 0 bridgehead atoms. The molecule has 90 valence electrons. The lowest BCUT2D eigenvalue weighted by molar-refractivity contribution is -0.147. The molecule has 0 spiro atoms. The number of carbonyl (C=O) groups excluding carboxylic acids is 1. The van der Waals surface area contributed by atoms with Crippen LogP contribution in [0, 0.1) is 6.92 Å². The zero-order valence-electron chi connectivity index (χ0n) is 10.2.